The van der Waals surface area contributed by atoms with Gasteiger partial charge in [-0.2, -0.15) is 0 Å². The van der Waals surface area contributed by atoms with Crippen molar-refractivity contribution in [2.45, 2.75) is 26.8 Å². The smallest absolute Gasteiger partial charge is 1.00 e. The van der Waals surface area contributed by atoms with Gasteiger partial charge in [0.1, 0.15) is 5.69 Å². The number of aromatic nitrogens is 4. The van der Waals surface area contributed by atoms with Gasteiger partial charge < -0.3 is 15.5 Å². The number of nitrogens with one attached hydrogen (secondary N) is 1. The van der Waals surface area contributed by atoms with Gasteiger partial charge in [-0.3, -0.25) is 19.7 Å². The molecular formula is C16H18N5NaO4. The molecule has 0 aliphatic rings. The summed E-state index contributed by atoms with van der Waals surface area (Å²) in [5.41, 5.74) is -0.669. The Morgan fingerprint density at radius 2 is 2.08 bits per heavy atom. The van der Waals surface area contributed by atoms with E-state index in [-0.39, 0.29) is 47.9 Å². The van der Waals surface area contributed by atoms with Crippen molar-refractivity contribution in [2.24, 2.45) is 5.92 Å². The van der Waals surface area contributed by atoms with Gasteiger partial charge in [0.05, 0.1) is 22.3 Å². The van der Waals surface area contributed by atoms with Gasteiger partial charge in [-0.25, -0.2) is 4.98 Å². The maximum absolute atomic E-state index is 12.3. The number of aromatic amines is 1. The predicted octanol–water partition coefficient (Wildman–Crippen LogP) is -1.05. The van der Waals surface area contributed by atoms with Gasteiger partial charge in [0, 0.05) is 25.0 Å². The minimum atomic E-state index is -0.791. The number of H-pyrrole nitrogens is 1. The number of nitro benzene ring substituents is 1. The Kier molecular flexibility index (Phi) is 6.17. The second kappa shape index (κ2) is 7.98. The molecular weight excluding hydrogens is 349 g/mol. The second-order valence-corrected chi connectivity index (χ2v) is 6.18. The number of hydrogen-bond acceptors (Lipinski definition) is 5. The Balaban J connectivity index is 0.00000182. The van der Waals surface area contributed by atoms with Crippen LogP contribution in [0.2, 0.25) is 0 Å². The Bertz CT molecular complexity index is 1060. The minimum Gasteiger partial charge on any atom is -1.00 e. The molecule has 10 heteroatoms. The monoisotopic (exact) mass is 367 g/mol. The average molecular weight is 367 g/mol. The molecule has 0 aliphatic carbocycles. The topological polar surface area (TPSA) is 116 Å². The molecule has 0 radical (unpaired) electrons. The molecule has 0 spiro atoms. The summed E-state index contributed by atoms with van der Waals surface area (Å²) in [5.74, 6) is 0.340. The number of rotatable bonds is 5. The normalized spacial score (nSPS) is 10.9. The summed E-state index contributed by atoms with van der Waals surface area (Å²) >= 11 is 0. The molecule has 1 aromatic carbocycles. The number of imidazole rings is 1. The van der Waals surface area contributed by atoms with Crippen molar-refractivity contribution in [2.75, 3.05) is 0 Å². The van der Waals surface area contributed by atoms with E-state index in [1.165, 1.54) is 33.8 Å². The van der Waals surface area contributed by atoms with E-state index >= 15 is 0 Å². The molecule has 0 saturated carbocycles. The summed E-state index contributed by atoms with van der Waals surface area (Å²) in [5, 5.41) is 11.4. The van der Waals surface area contributed by atoms with Gasteiger partial charge in [-0.1, -0.05) is 13.8 Å². The molecule has 0 aliphatic heterocycles. The maximum Gasteiger partial charge on any atom is 1.00 e. The van der Waals surface area contributed by atoms with Crippen molar-refractivity contribution in [3.63, 3.8) is 0 Å². The van der Waals surface area contributed by atoms with Crippen LogP contribution in [0.1, 0.15) is 21.7 Å². The van der Waals surface area contributed by atoms with E-state index in [0.29, 0.717) is 24.4 Å². The van der Waals surface area contributed by atoms with Crippen LogP contribution in [0, 0.1) is 16.0 Å². The Morgan fingerprint density at radius 3 is 2.65 bits per heavy atom. The number of hydrogen-bond donors (Lipinski definition) is 1. The molecule has 3 rings (SSSR count). The summed E-state index contributed by atoms with van der Waals surface area (Å²) < 4.78 is 2.87. The summed E-state index contributed by atoms with van der Waals surface area (Å²) in [6, 6.07) is 2.81. The van der Waals surface area contributed by atoms with E-state index in [1.54, 1.807) is 6.20 Å². The largest absolute Gasteiger partial charge is 1.00 e. The van der Waals surface area contributed by atoms with E-state index in [4.69, 9.17) is 0 Å². The van der Waals surface area contributed by atoms with Crippen LogP contribution in [0.25, 0.3) is 16.7 Å². The molecule has 1 N–H and O–H groups in total. The third kappa shape index (κ3) is 3.79. The number of benzene rings is 1. The van der Waals surface area contributed by atoms with E-state index in [9.17, 15) is 19.7 Å². The molecule has 0 fully saturated rings. The van der Waals surface area contributed by atoms with Crippen molar-refractivity contribution in [3.05, 3.63) is 61.7 Å². The molecule has 26 heavy (non-hydrogen) atoms. The van der Waals surface area contributed by atoms with Gasteiger partial charge in [0.2, 0.25) is 0 Å². The zero-order chi connectivity index (χ0) is 18.1. The Morgan fingerprint density at radius 1 is 1.35 bits per heavy atom. The van der Waals surface area contributed by atoms with Crippen LogP contribution in [0.15, 0.2) is 40.4 Å². The first-order chi connectivity index (χ1) is 11.9. The van der Waals surface area contributed by atoms with Crippen LogP contribution in [0.4, 0.5) is 5.69 Å². The van der Waals surface area contributed by atoms with Gasteiger partial charge in [0.25, 0.3) is 5.69 Å². The summed E-state index contributed by atoms with van der Waals surface area (Å²) in [7, 11) is 0. The number of fused-ring (bicyclic) bond motifs is 1. The van der Waals surface area contributed by atoms with Crippen molar-refractivity contribution in [1.29, 1.82) is 0 Å². The first-order valence-electron chi connectivity index (χ1n) is 7.82. The van der Waals surface area contributed by atoms with Crippen LogP contribution >= 0.6 is 0 Å². The van der Waals surface area contributed by atoms with Gasteiger partial charge in [0.15, 0.2) is 0 Å². The van der Waals surface area contributed by atoms with E-state index < -0.39 is 16.0 Å². The van der Waals surface area contributed by atoms with Crippen LogP contribution in [0.3, 0.4) is 0 Å². The van der Waals surface area contributed by atoms with E-state index in [1.807, 2.05) is 13.8 Å². The number of nitrogens with zero attached hydrogens (tertiary/aromatic N) is 4. The number of nitro groups is 1. The van der Waals surface area contributed by atoms with E-state index in [0.717, 1.165) is 0 Å². The molecule has 2 aromatic heterocycles. The van der Waals surface area contributed by atoms with Crippen LogP contribution in [-0.2, 0) is 6.54 Å². The summed E-state index contributed by atoms with van der Waals surface area (Å²) in [6.07, 6.45) is 5.23. The molecule has 0 atom stereocenters. The van der Waals surface area contributed by atoms with Crippen molar-refractivity contribution >= 4 is 16.7 Å². The predicted molar refractivity (Wildman–Crippen MR) is 93.2 cm³/mol. The molecule has 2 heterocycles. The maximum atomic E-state index is 12.3. The molecule has 0 bridgehead atoms. The van der Waals surface area contributed by atoms with Gasteiger partial charge >= 0.3 is 40.7 Å². The van der Waals surface area contributed by atoms with Crippen molar-refractivity contribution in [3.8, 4) is 5.69 Å². The third-order valence-electron chi connectivity index (χ3n) is 3.98. The zero-order valence-corrected chi connectivity index (χ0v) is 16.8. The van der Waals surface area contributed by atoms with Gasteiger partial charge in [-0.15, -0.1) is 0 Å². The molecule has 0 unspecified atom stereocenters. The van der Waals surface area contributed by atoms with Crippen LogP contribution in [-0.4, -0.2) is 24.0 Å². The fraction of sp³-hybridized carbons (Fsp3) is 0.312. The third-order valence-corrected chi connectivity index (χ3v) is 3.98. The fourth-order valence-electron chi connectivity index (χ4n) is 2.66. The minimum absolute atomic E-state index is 0. The summed E-state index contributed by atoms with van der Waals surface area (Å²) in [4.78, 5) is 41.4. The Hall–Kier alpha value is -2.23. The molecule has 3 aromatic rings. The van der Waals surface area contributed by atoms with E-state index in [2.05, 4.69) is 9.97 Å². The fourth-order valence-corrected chi connectivity index (χ4v) is 2.66. The average Bonchev–Trinajstić information content (AvgIpc) is 3.08. The first-order valence-corrected chi connectivity index (χ1v) is 7.82. The molecule has 132 valence electrons. The Labute approximate surface area is 171 Å². The zero-order valence-electron chi connectivity index (χ0n) is 15.8. The SMILES string of the molecule is CC(C)CCn1c(=O)c(=O)[nH]c2cc([N+](=O)[O-])c(-n3ccnc3)cc21.[H-].[Na+]. The van der Waals surface area contributed by atoms with Crippen LogP contribution in [0.5, 0.6) is 0 Å². The quantitative estimate of drug-likeness (QED) is 0.267. The van der Waals surface area contributed by atoms with Crippen LogP contribution < -0.4 is 40.7 Å². The van der Waals surface area contributed by atoms with Gasteiger partial charge in [-0.05, 0) is 18.4 Å². The first kappa shape index (κ1) is 20.1. The van der Waals surface area contributed by atoms with Crippen molar-refractivity contribution in [1.82, 2.24) is 19.1 Å². The number of aryl methyl sites for hydroxylation is 1. The second-order valence-electron chi connectivity index (χ2n) is 6.18. The molecule has 0 amide bonds. The molecule has 9 nitrogen and oxygen atoms in total. The van der Waals surface area contributed by atoms with Crippen molar-refractivity contribution < 1.29 is 35.9 Å². The molecule has 0 saturated heterocycles. The summed E-state index contributed by atoms with van der Waals surface area (Å²) in [6.45, 7) is 4.39. The standard InChI is InChI=1S/C16H17N5O4.Na.H/c1-10(2)3-5-20-12-8-13(19-6-4-17-9-19)14(21(24)25)7-11(12)18-15(22)16(20)23;;/h4,6-10H,3,5H2,1-2H3,(H,18,22);;/q;+1;-1.